The van der Waals surface area contributed by atoms with Crippen LogP contribution < -0.4 is 29.9 Å². The van der Waals surface area contributed by atoms with Gasteiger partial charge in [-0.15, -0.1) is 20.5 Å². The topological polar surface area (TPSA) is 246 Å². The van der Waals surface area contributed by atoms with Crippen LogP contribution >= 0.6 is 11.8 Å². The molecule has 0 radical (unpaired) electrons. The van der Waals surface area contributed by atoms with Crippen LogP contribution in [0.4, 0.5) is 57.4 Å². The second-order valence-electron chi connectivity index (χ2n) is 16.4. The summed E-state index contributed by atoms with van der Waals surface area (Å²) in [5, 5.41) is 28.5. The minimum atomic E-state index is -4.74. The van der Waals surface area contributed by atoms with Gasteiger partial charge in [-0.05, 0) is 80.4 Å². The minimum Gasteiger partial charge on any atom is -0.494 e. The smallest absolute Gasteiger partial charge is 0.296 e. The molecule has 0 aliphatic rings. The Labute approximate surface area is 433 Å². The third kappa shape index (κ3) is 12.0. The number of rotatable bonds is 21. The van der Waals surface area contributed by atoms with E-state index in [1.54, 1.807) is 61.7 Å². The van der Waals surface area contributed by atoms with Gasteiger partial charge in [0.25, 0.3) is 20.2 Å². The summed E-state index contributed by atoms with van der Waals surface area (Å²) in [7, 11) is -6.11. The van der Waals surface area contributed by atoms with Crippen molar-refractivity contribution in [3.8, 4) is 11.5 Å². The lowest BCUT2D eigenvalue weighted by Gasteiger charge is -2.25. The monoisotopic (exact) mass is 1060 g/mol. The van der Waals surface area contributed by atoms with Gasteiger partial charge >= 0.3 is 0 Å². The predicted molar refractivity (Wildman–Crippen MR) is 291 cm³/mol. The normalized spacial score (nSPS) is 11.9. The fourth-order valence-electron chi connectivity index (χ4n) is 8.20. The first kappa shape index (κ1) is 52.6. The van der Waals surface area contributed by atoms with E-state index in [0.717, 1.165) is 16.5 Å². The van der Waals surface area contributed by atoms with Crippen molar-refractivity contribution < 1.29 is 35.4 Å². The fourth-order valence-corrected chi connectivity index (χ4v) is 10.2. The van der Waals surface area contributed by atoms with Crippen LogP contribution in [0.2, 0.25) is 0 Å². The molecule has 1 aromatic heterocycles. The number of hydrogen-bond acceptors (Lipinski definition) is 18. The number of nitrogens with one attached hydrogen (secondary N) is 2. The third-order valence-electron chi connectivity index (χ3n) is 11.9. The van der Waals surface area contributed by atoms with Gasteiger partial charge in [0.15, 0.2) is 5.16 Å². The van der Waals surface area contributed by atoms with E-state index in [2.05, 4.69) is 30.7 Å². The molecule has 0 spiro atoms. The highest BCUT2D eigenvalue weighted by atomic mass is 32.2. The molecule has 1 heterocycles. The molecule has 8 aromatic rings. The van der Waals surface area contributed by atoms with Gasteiger partial charge in [0.05, 0.1) is 47.6 Å². The van der Waals surface area contributed by atoms with Crippen molar-refractivity contribution >= 4 is 111 Å². The van der Waals surface area contributed by atoms with Crippen LogP contribution in [0, 0.1) is 0 Å². The van der Waals surface area contributed by atoms with Gasteiger partial charge in [-0.3, -0.25) is 9.11 Å². The molecule has 0 aliphatic heterocycles. The van der Waals surface area contributed by atoms with E-state index < -0.39 is 25.1 Å². The zero-order chi connectivity index (χ0) is 52.6. The minimum absolute atomic E-state index is 0.0315. The molecule has 0 bridgehead atoms. The number of fused-ring (bicyclic) bond motifs is 2. The highest BCUT2D eigenvalue weighted by Crippen LogP contribution is 2.44. The molecule has 382 valence electrons. The van der Waals surface area contributed by atoms with E-state index in [0.29, 0.717) is 82.5 Å². The molecule has 4 N–H and O–H groups in total. The molecule has 0 saturated heterocycles. The van der Waals surface area contributed by atoms with Crippen LogP contribution in [0.1, 0.15) is 33.3 Å². The molecule has 22 heteroatoms. The molecule has 7 aromatic carbocycles. The van der Waals surface area contributed by atoms with Crippen molar-refractivity contribution in [1.29, 1.82) is 0 Å². The van der Waals surface area contributed by atoms with Gasteiger partial charge in [0.1, 0.15) is 33.5 Å². The van der Waals surface area contributed by atoms with Gasteiger partial charge < -0.3 is 29.9 Å². The first-order valence-electron chi connectivity index (χ1n) is 23.4. The predicted octanol–water partition coefficient (Wildman–Crippen LogP) is 13.0. The molecule has 8 rings (SSSR count). The first-order valence-corrected chi connectivity index (χ1v) is 27.2. The van der Waals surface area contributed by atoms with Gasteiger partial charge in [-0.2, -0.15) is 31.8 Å². The number of nitrogens with zero attached hydrogens (tertiary/aromatic N) is 9. The van der Waals surface area contributed by atoms with Crippen LogP contribution in [0.15, 0.2) is 163 Å². The van der Waals surface area contributed by atoms with Crippen LogP contribution in [-0.4, -0.2) is 81.3 Å². The van der Waals surface area contributed by atoms with Gasteiger partial charge in [-0.25, -0.2) is 0 Å². The standard InChI is InChI=1S/C52H53N11O8S3/c1-7-62(8-2)44-28-40(42(30-46(44)70-5)59-58-39-24-16-20-34-18-11-13-22-37(34)39)53-50-55-51(57-52(56-50)72-32-33-17-15-21-36(27-33)73(64,65)66)54-41-29-45(63(9-3)10-4)47(71-6)31-43(41)60-61-49-38-23-14-12-19-35(38)25-26-48(49)74(67,68)69/h11-31H,7-10,32H2,1-6H3,(H,64,65,66)(H,67,68,69)(H2,53,54,55,56,57). The van der Waals surface area contributed by atoms with Crippen LogP contribution in [0.3, 0.4) is 0 Å². The lowest BCUT2D eigenvalue weighted by molar-refractivity contribution is 0.414. The van der Waals surface area contributed by atoms with Crippen LogP contribution in [0.25, 0.3) is 21.5 Å². The molecule has 0 unspecified atom stereocenters. The number of methoxy groups -OCH3 is 2. The Bertz CT molecular complexity index is 3650. The maximum absolute atomic E-state index is 12.7. The molecule has 0 saturated carbocycles. The van der Waals surface area contributed by atoms with Crippen LogP contribution in [0.5, 0.6) is 11.5 Å². The number of hydrogen-bond donors (Lipinski definition) is 4. The molecule has 74 heavy (non-hydrogen) atoms. The average molecular weight is 1060 g/mol. The highest BCUT2D eigenvalue weighted by Gasteiger charge is 2.22. The molecule has 0 aliphatic carbocycles. The number of aromatic nitrogens is 3. The number of benzene rings is 7. The van der Waals surface area contributed by atoms with Gasteiger partial charge in [0, 0.05) is 54.8 Å². The summed E-state index contributed by atoms with van der Waals surface area (Å²) in [6, 6.07) is 36.6. The Balaban J connectivity index is 1.29. The summed E-state index contributed by atoms with van der Waals surface area (Å²) >= 11 is 1.17. The summed E-state index contributed by atoms with van der Waals surface area (Å²) in [6.45, 7) is 10.6. The van der Waals surface area contributed by atoms with E-state index in [4.69, 9.17) is 34.7 Å². The third-order valence-corrected chi connectivity index (χ3v) is 14.6. The molecular weight excluding hydrogens is 1000 g/mol. The quantitative estimate of drug-likeness (QED) is 0.0297. The lowest BCUT2D eigenvalue weighted by atomic mass is 10.1. The number of azo groups is 2. The van der Waals surface area contributed by atoms with Crippen molar-refractivity contribution in [3.63, 3.8) is 0 Å². The van der Waals surface area contributed by atoms with E-state index in [1.165, 1.54) is 43.1 Å². The maximum Gasteiger partial charge on any atom is 0.296 e. The molecule has 0 fully saturated rings. The summed E-state index contributed by atoms with van der Waals surface area (Å²) in [5.41, 5.74) is 3.97. The average Bonchev–Trinajstić information content (AvgIpc) is 3.39. The Kier molecular flexibility index (Phi) is 16.3. The van der Waals surface area contributed by atoms with Crippen molar-refractivity contribution in [2.75, 3.05) is 60.8 Å². The van der Waals surface area contributed by atoms with E-state index in [9.17, 15) is 25.9 Å². The van der Waals surface area contributed by atoms with Gasteiger partial charge in [-0.1, -0.05) is 90.6 Å². The molecular formula is C52H53N11O8S3. The van der Waals surface area contributed by atoms with Crippen molar-refractivity contribution in [1.82, 2.24) is 15.0 Å². The fraction of sp³-hybridized carbons (Fsp3) is 0.212. The van der Waals surface area contributed by atoms with Crippen molar-refractivity contribution in [2.45, 2.75) is 48.4 Å². The largest absolute Gasteiger partial charge is 0.494 e. The van der Waals surface area contributed by atoms with Crippen molar-refractivity contribution in [3.05, 3.63) is 133 Å². The van der Waals surface area contributed by atoms with E-state index in [-0.39, 0.29) is 39.1 Å². The second-order valence-corrected chi connectivity index (χ2v) is 20.1. The number of thioether (sulfide) groups is 1. The summed E-state index contributed by atoms with van der Waals surface area (Å²) < 4.78 is 81.5. The number of ether oxygens (including phenoxy) is 2. The lowest BCUT2D eigenvalue weighted by Crippen LogP contribution is -2.22. The number of anilines is 6. The zero-order valence-electron chi connectivity index (χ0n) is 41.3. The Hall–Kier alpha value is -7.76. The molecule has 0 atom stereocenters. The summed E-state index contributed by atoms with van der Waals surface area (Å²) in [6.07, 6.45) is 0. The summed E-state index contributed by atoms with van der Waals surface area (Å²) in [5.74, 6) is 1.29. The highest BCUT2D eigenvalue weighted by molar-refractivity contribution is 7.98. The Morgan fingerprint density at radius 1 is 0.554 bits per heavy atom. The zero-order valence-corrected chi connectivity index (χ0v) is 43.7. The van der Waals surface area contributed by atoms with Gasteiger partial charge in [0.2, 0.25) is 11.9 Å². The SMILES string of the molecule is CCN(CC)c1cc(Nc2nc(Nc3cc(N(CC)CC)c(OC)cc3N=Nc3c(S(=O)(=O)O)ccc4ccccc34)nc(SCc3cccc(S(=O)(=O)O)c3)n2)c(N=Nc2cccc3ccccc23)cc1OC. The van der Waals surface area contributed by atoms with Crippen molar-refractivity contribution in [2.24, 2.45) is 20.5 Å². The maximum atomic E-state index is 12.7. The Morgan fingerprint density at radius 3 is 1.62 bits per heavy atom. The Morgan fingerprint density at radius 2 is 1.07 bits per heavy atom. The first-order chi connectivity index (χ1) is 35.6. The van der Waals surface area contributed by atoms with Crippen LogP contribution in [-0.2, 0) is 26.0 Å². The molecule has 19 nitrogen and oxygen atoms in total. The second kappa shape index (κ2) is 23.0. The van der Waals surface area contributed by atoms with E-state index in [1.807, 2.05) is 76.2 Å². The molecule has 0 amide bonds. The van der Waals surface area contributed by atoms with E-state index >= 15 is 0 Å². The summed E-state index contributed by atoms with van der Waals surface area (Å²) in [4.78, 5) is 18.0.